The van der Waals surface area contributed by atoms with E-state index in [2.05, 4.69) is 5.32 Å². The van der Waals surface area contributed by atoms with Crippen molar-refractivity contribution in [3.63, 3.8) is 0 Å². The van der Waals surface area contributed by atoms with Gasteiger partial charge in [-0.3, -0.25) is 14.9 Å². The summed E-state index contributed by atoms with van der Waals surface area (Å²) in [6.07, 6.45) is 2.24. The number of amides is 1. The molecular formula is C19H21N3O5S. The van der Waals surface area contributed by atoms with E-state index in [0.717, 1.165) is 6.26 Å². The second-order valence-corrected chi connectivity index (χ2v) is 8.81. The summed E-state index contributed by atoms with van der Waals surface area (Å²) in [5.41, 5.74) is 1.06. The zero-order chi connectivity index (χ0) is 20.3. The van der Waals surface area contributed by atoms with Gasteiger partial charge in [-0.05, 0) is 37.1 Å². The summed E-state index contributed by atoms with van der Waals surface area (Å²) >= 11 is 0. The van der Waals surface area contributed by atoms with Gasteiger partial charge in [-0.2, -0.15) is 0 Å². The maximum Gasteiger partial charge on any atom is 0.292 e. The number of hydrogen-bond acceptors (Lipinski definition) is 6. The molecule has 0 atom stereocenters. The third kappa shape index (κ3) is 4.48. The summed E-state index contributed by atoms with van der Waals surface area (Å²) in [4.78, 5) is 25.4. The average Bonchev–Trinajstić information content (AvgIpc) is 2.67. The topological polar surface area (TPSA) is 110 Å². The van der Waals surface area contributed by atoms with E-state index < -0.39 is 14.8 Å². The summed E-state index contributed by atoms with van der Waals surface area (Å²) < 4.78 is 23.3. The zero-order valence-corrected chi connectivity index (χ0v) is 16.2. The van der Waals surface area contributed by atoms with Crippen molar-refractivity contribution in [1.29, 1.82) is 0 Å². The van der Waals surface area contributed by atoms with Crippen LogP contribution in [-0.2, 0) is 14.6 Å². The minimum absolute atomic E-state index is 0.0583. The lowest BCUT2D eigenvalue weighted by Crippen LogP contribution is -2.38. The van der Waals surface area contributed by atoms with Gasteiger partial charge in [0.1, 0.15) is 5.69 Å². The van der Waals surface area contributed by atoms with E-state index in [1.165, 1.54) is 18.2 Å². The molecule has 8 nitrogen and oxygen atoms in total. The molecular weight excluding hydrogens is 382 g/mol. The van der Waals surface area contributed by atoms with Crippen molar-refractivity contribution < 1.29 is 18.1 Å². The van der Waals surface area contributed by atoms with Crippen molar-refractivity contribution in [1.82, 2.24) is 0 Å². The molecule has 2 aromatic rings. The Balaban J connectivity index is 1.64. The average molecular weight is 403 g/mol. The predicted molar refractivity (Wildman–Crippen MR) is 106 cm³/mol. The maximum absolute atomic E-state index is 12.6. The number of nitro benzene ring substituents is 1. The number of hydrogen-bond donors (Lipinski definition) is 1. The van der Waals surface area contributed by atoms with Crippen LogP contribution in [0.15, 0.2) is 53.4 Å². The van der Waals surface area contributed by atoms with Crippen LogP contribution in [0.25, 0.3) is 0 Å². The molecule has 0 aliphatic carbocycles. The molecule has 1 amide bonds. The van der Waals surface area contributed by atoms with Crippen LogP contribution in [0.3, 0.4) is 0 Å². The van der Waals surface area contributed by atoms with Crippen LogP contribution in [0, 0.1) is 16.0 Å². The largest absolute Gasteiger partial charge is 0.366 e. The van der Waals surface area contributed by atoms with Crippen LogP contribution in [0.4, 0.5) is 17.1 Å². The highest BCUT2D eigenvalue weighted by molar-refractivity contribution is 7.90. The summed E-state index contributed by atoms with van der Waals surface area (Å²) in [6, 6.07) is 12.7. The van der Waals surface area contributed by atoms with Gasteiger partial charge in [-0.1, -0.05) is 18.2 Å². The first-order chi connectivity index (χ1) is 13.3. The third-order valence-corrected chi connectivity index (χ3v) is 5.92. The quantitative estimate of drug-likeness (QED) is 0.607. The zero-order valence-electron chi connectivity index (χ0n) is 15.4. The van der Waals surface area contributed by atoms with Crippen molar-refractivity contribution in [3.05, 3.63) is 58.6 Å². The minimum atomic E-state index is -3.35. The van der Waals surface area contributed by atoms with Gasteiger partial charge in [0.25, 0.3) is 5.69 Å². The number of rotatable bonds is 5. The molecule has 2 aromatic carbocycles. The predicted octanol–water partition coefficient (Wildman–Crippen LogP) is 2.85. The normalized spacial score (nSPS) is 15.2. The second kappa shape index (κ2) is 7.97. The monoisotopic (exact) mass is 403 g/mol. The van der Waals surface area contributed by atoms with Crippen LogP contribution in [-0.4, -0.2) is 38.6 Å². The number of para-hydroxylation sites is 2. The van der Waals surface area contributed by atoms with E-state index >= 15 is 0 Å². The van der Waals surface area contributed by atoms with Gasteiger partial charge in [0, 0.05) is 37.0 Å². The van der Waals surface area contributed by atoms with Gasteiger partial charge in [-0.15, -0.1) is 0 Å². The smallest absolute Gasteiger partial charge is 0.292 e. The number of nitrogens with one attached hydrogen (secondary N) is 1. The highest BCUT2D eigenvalue weighted by Crippen LogP contribution is 2.31. The Bertz CT molecular complexity index is 998. The van der Waals surface area contributed by atoms with E-state index in [1.54, 1.807) is 30.3 Å². The summed E-state index contributed by atoms with van der Waals surface area (Å²) in [5, 5.41) is 14.0. The maximum atomic E-state index is 12.6. The fourth-order valence-electron chi connectivity index (χ4n) is 3.32. The second-order valence-electron chi connectivity index (χ2n) is 6.80. The molecule has 0 radical (unpaired) electrons. The highest BCUT2D eigenvalue weighted by Gasteiger charge is 2.28. The lowest BCUT2D eigenvalue weighted by atomic mass is 9.95. The third-order valence-electron chi connectivity index (χ3n) is 4.81. The van der Waals surface area contributed by atoms with E-state index in [4.69, 9.17) is 0 Å². The van der Waals surface area contributed by atoms with Crippen molar-refractivity contribution in [3.8, 4) is 0 Å². The first-order valence-electron chi connectivity index (χ1n) is 8.85. The molecule has 0 saturated carbocycles. The Morgan fingerprint density at radius 1 is 1.14 bits per heavy atom. The van der Waals surface area contributed by atoms with Crippen molar-refractivity contribution in [2.75, 3.05) is 29.6 Å². The number of carbonyl (C=O) groups is 1. The number of piperidine rings is 1. The Morgan fingerprint density at radius 3 is 2.46 bits per heavy atom. The molecule has 1 saturated heterocycles. The van der Waals surface area contributed by atoms with Gasteiger partial charge in [-0.25, -0.2) is 8.42 Å². The van der Waals surface area contributed by atoms with Crippen LogP contribution in [0.2, 0.25) is 0 Å². The molecule has 0 spiro atoms. The Hall–Kier alpha value is -2.94. The number of benzene rings is 2. The van der Waals surface area contributed by atoms with Crippen molar-refractivity contribution >= 4 is 32.8 Å². The molecule has 28 heavy (non-hydrogen) atoms. The molecule has 1 N–H and O–H groups in total. The molecule has 9 heteroatoms. The molecule has 148 valence electrons. The number of nitrogens with zero attached hydrogens (tertiary/aromatic N) is 2. The summed E-state index contributed by atoms with van der Waals surface area (Å²) in [5.74, 6) is -0.409. The molecule has 0 bridgehead atoms. The lowest BCUT2D eigenvalue weighted by Gasteiger charge is -2.32. The van der Waals surface area contributed by atoms with Crippen molar-refractivity contribution in [2.45, 2.75) is 17.7 Å². The van der Waals surface area contributed by atoms with Crippen molar-refractivity contribution in [2.24, 2.45) is 5.92 Å². The highest BCUT2D eigenvalue weighted by atomic mass is 32.2. The summed E-state index contributed by atoms with van der Waals surface area (Å²) in [7, 11) is -3.35. The molecule has 1 aliphatic rings. The molecule has 1 aliphatic heterocycles. The van der Waals surface area contributed by atoms with E-state index in [9.17, 15) is 23.3 Å². The standard InChI is InChI=1S/C19H21N3O5S/c1-28(26,27)16-6-4-5-15(13-16)20-19(23)14-9-11-21(12-10-14)17-7-2-3-8-18(17)22(24)25/h2-8,13-14H,9-12H2,1H3,(H,20,23). The first-order valence-corrected chi connectivity index (χ1v) is 10.7. The Labute approximate surface area is 163 Å². The summed E-state index contributed by atoms with van der Waals surface area (Å²) in [6.45, 7) is 1.07. The van der Waals surface area contributed by atoms with E-state index in [1.807, 2.05) is 4.90 Å². The first kappa shape index (κ1) is 19.8. The van der Waals surface area contributed by atoms with Crippen LogP contribution in [0.5, 0.6) is 0 Å². The fraction of sp³-hybridized carbons (Fsp3) is 0.316. The van der Waals surface area contributed by atoms with E-state index in [0.29, 0.717) is 37.3 Å². The number of carbonyl (C=O) groups excluding carboxylic acids is 1. The van der Waals surface area contributed by atoms with Crippen LogP contribution >= 0.6 is 0 Å². The van der Waals surface area contributed by atoms with Gasteiger partial charge in [0.05, 0.1) is 9.82 Å². The number of anilines is 2. The molecule has 3 rings (SSSR count). The van der Waals surface area contributed by atoms with Crippen LogP contribution < -0.4 is 10.2 Å². The molecule has 1 fully saturated rings. The van der Waals surface area contributed by atoms with Gasteiger partial charge < -0.3 is 10.2 Å². The molecule has 0 unspecified atom stereocenters. The van der Waals surface area contributed by atoms with E-state index in [-0.39, 0.29) is 22.4 Å². The Kier molecular flexibility index (Phi) is 5.64. The molecule has 1 heterocycles. The minimum Gasteiger partial charge on any atom is -0.366 e. The van der Waals surface area contributed by atoms with Gasteiger partial charge >= 0.3 is 0 Å². The Morgan fingerprint density at radius 2 is 1.82 bits per heavy atom. The SMILES string of the molecule is CS(=O)(=O)c1cccc(NC(=O)C2CCN(c3ccccc3[N+](=O)[O-])CC2)c1. The van der Waals surface area contributed by atoms with Gasteiger partial charge in [0.2, 0.25) is 5.91 Å². The van der Waals surface area contributed by atoms with Crippen LogP contribution in [0.1, 0.15) is 12.8 Å². The number of sulfone groups is 1. The number of nitro groups is 1. The lowest BCUT2D eigenvalue weighted by molar-refractivity contribution is -0.384. The van der Waals surface area contributed by atoms with Gasteiger partial charge in [0.15, 0.2) is 9.84 Å². The fourth-order valence-corrected chi connectivity index (χ4v) is 3.98. The molecule has 0 aromatic heterocycles.